The maximum atomic E-state index is 13.1. The van der Waals surface area contributed by atoms with Crippen molar-refractivity contribution in [2.45, 2.75) is 46.2 Å². The summed E-state index contributed by atoms with van der Waals surface area (Å²) in [6.45, 7) is 6.79. The summed E-state index contributed by atoms with van der Waals surface area (Å²) in [6, 6.07) is 14.0. The minimum atomic E-state index is -0.0388. The van der Waals surface area contributed by atoms with Gasteiger partial charge in [-0.25, -0.2) is 0 Å². The maximum Gasteiger partial charge on any atom is 0.254 e. The molecule has 6 heteroatoms. The Labute approximate surface area is 170 Å². The van der Waals surface area contributed by atoms with E-state index in [1.807, 2.05) is 36.9 Å². The molecular weight excluding hydrogens is 364 g/mol. The molecule has 0 spiro atoms. The lowest BCUT2D eigenvalue weighted by Gasteiger charge is -2.33. The van der Waals surface area contributed by atoms with E-state index in [1.54, 1.807) is 12.1 Å². The highest BCUT2D eigenvalue weighted by Gasteiger charge is 2.29. The van der Waals surface area contributed by atoms with Crippen molar-refractivity contribution in [3.05, 3.63) is 76.4 Å². The standard InChI is InChI=1S/C23H26N4O2/c1-15-11-19(12-16(2)22(15)28)23(29)26-13-17(3)27-20(24-25-21(27)14-26)10-9-18-7-5-4-6-8-18/h4-8,11-12,17,28H,9-10,13-14H2,1-3H3/t17-/m0/s1. The fourth-order valence-electron chi connectivity index (χ4n) is 4.10. The molecule has 0 bridgehead atoms. The predicted molar refractivity (Wildman–Crippen MR) is 111 cm³/mol. The lowest BCUT2D eigenvalue weighted by atomic mass is 10.0. The third kappa shape index (κ3) is 3.75. The highest BCUT2D eigenvalue weighted by molar-refractivity contribution is 5.95. The van der Waals surface area contributed by atoms with E-state index in [0.717, 1.165) is 24.5 Å². The number of aryl methyl sites for hydroxylation is 4. The zero-order chi connectivity index (χ0) is 20.5. The molecule has 2 aromatic carbocycles. The van der Waals surface area contributed by atoms with Gasteiger partial charge < -0.3 is 14.6 Å². The topological polar surface area (TPSA) is 71.2 Å². The molecule has 0 fully saturated rings. The molecule has 0 radical (unpaired) electrons. The summed E-state index contributed by atoms with van der Waals surface area (Å²) in [5, 5.41) is 18.8. The van der Waals surface area contributed by atoms with Gasteiger partial charge in [0.15, 0.2) is 5.82 Å². The molecule has 4 rings (SSSR count). The summed E-state index contributed by atoms with van der Waals surface area (Å²) in [7, 11) is 0. The predicted octanol–water partition coefficient (Wildman–Crippen LogP) is 3.60. The number of aromatic hydroxyl groups is 1. The Kier molecular flexibility index (Phi) is 5.09. The van der Waals surface area contributed by atoms with Crippen LogP contribution in [0.15, 0.2) is 42.5 Å². The third-order valence-electron chi connectivity index (χ3n) is 5.60. The van der Waals surface area contributed by atoms with Crippen molar-refractivity contribution in [1.82, 2.24) is 19.7 Å². The summed E-state index contributed by atoms with van der Waals surface area (Å²) >= 11 is 0. The Hall–Kier alpha value is -3.15. The number of amides is 1. The van der Waals surface area contributed by atoms with Crippen LogP contribution in [0.2, 0.25) is 0 Å². The Morgan fingerprint density at radius 2 is 1.79 bits per heavy atom. The fraction of sp³-hybridized carbons (Fsp3) is 0.348. The van der Waals surface area contributed by atoms with Gasteiger partial charge in [-0.15, -0.1) is 10.2 Å². The van der Waals surface area contributed by atoms with Crippen LogP contribution in [0.1, 0.15) is 51.7 Å². The van der Waals surface area contributed by atoms with Gasteiger partial charge in [0.05, 0.1) is 12.6 Å². The normalized spacial score (nSPS) is 16.0. The van der Waals surface area contributed by atoms with Gasteiger partial charge >= 0.3 is 0 Å². The smallest absolute Gasteiger partial charge is 0.254 e. The van der Waals surface area contributed by atoms with Gasteiger partial charge in [0.1, 0.15) is 11.6 Å². The van der Waals surface area contributed by atoms with E-state index in [4.69, 9.17) is 0 Å². The number of phenols is 1. The first-order chi connectivity index (χ1) is 13.9. The third-order valence-corrected chi connectivity index (χ3v) is 5.60. The van der Waals surface area contributed by atoms with Crippen molar-refractivity contribution in [3.63, 3.8) is 0 Å². The van der Waals surface area contributed by atoms with Crippen LogP contribution in [0.3, 0.4) is 0 Å². The Balaban J connectivity index is 1.52. The van der Waals surface area contributed by atoms with Crippen LogP contribution in [0.5, 0.6) is 5.75 Å². The average molecular weight is 390 g/mol. The summed E-state index contributed by atoms with van der Waals surface area (Å²) < 4.78 is 2.18. The van der Waals surface area contributed by atoms with Crippen LogP contribution in [-0.2, 0) is 19.4 Å². The molecule has 1 aromatic heterocycles. The van der Waals surface area contributed by atoms with Crippen LogP contribution < -0.4 is 0 Å². The lowest BCUT2D eigenvalue weighted by Crippen LogP contribution is -2.40. The highest BCUT2D eigenvalue weighted by atomic mass is 16.3. The van der Waals surface area contributed by atoms with Gasteiger partial charge in [-0.2, -0.15) is 0 Å². The molecular formula is C23H26N4O2. The SMILES string of the molecule is Cc1cc(C(=O)N2Cc3nnc(CCc4ccccc4)n3[C@@H](C)C2)cc(C)c1O. The van der Waals surface area contributed by atoms with Gasteiger partial charge in [-0.1, -0.05) is 30.3 Å². The fourth-order valence-corrected chi connectivity index (χ4v) is 4.10. The van der Waals surface area contributed by atoms with E-state index in [9.17, 15) is 9.90 Å². The molecule has 6 nitrogen and oxygen atoms in total. The minimum absolute atomic E-state index is 0.0388. The van der Waals surface area contributed by atoms with Crippen molar-refractivity contribution >= 4 is 5.91 Å². The Bertz CT molecular complexity index is 1020. The van der Waals surface area contributed by atoms with Crippen LogP contribution in [0, 0.1) is 13.8 Å². The van der Waals surface area contributed by atoms with E-state index in [0.29, 0.717) is 29.8 Å². The van der Waals surface area contributed by atoms with Gasteiger partial charge in [0.2, 0.25) is 0 Å². The second-order valence-electron chi connectivity index (χ2n) is 7.88. The first-order valence-electron chi connectivity index (χ1n) is 10.00. The molecule has 1 amide bonds. The quantitative estimate of drug-likeness (QED) is 0.739. The van der Waals surface area contributed by atoms with Gasteiger partial charge in [0.25, 0.3) is 5.91 Å². The molecule has 1 atom stereocenters. The van der Waals surface area contributed by atoms with Crippen LogP contribution in [-0.4, -0.2) is 37.2 Å². The molecule has 1 aliphatic rings. The van der Waals surface area contributed by atoms with Gasteiger partial charge in [-0.05, 0) is 56.0 Å². The van der Waals surface area contributed by atoms with Crippen molar-refractivity contribution in [2.24, 2.45) is 0 Å². The number of phenolic OH excluding ortho intramolecular Hbond substituents is 1. The van der Waals surface area contributed by atoms with E-state index in [2.05, 4.69) is 33.8 Å². The zero-order valence-electron chi connectivity index (χ0n) is 17.1. The zero-order valence-corrected chi connectivity index (χ0v) is 17.1. The number of benzene rings is 2. The Morgan fingerprint density at radius 3 is 2.48 bits per heavy atom. The first kappa shape index (κ1) is 19.2. The molecule has 2 heterocycles. The molecule has 0 saturated carbocycles. The van der Waals surface area contributed by atoms with E-state index in [1.165, 1.54) is 5.56 Å². The largest absolute Gasteiger partial charge is 0.507 e. The molecule has 1 N–H and O–H groups in total. The van der Waals surface area contributed by atoms with E-state index >= 15 is 0 Å². The number of hydrogen-bond acceptors (Lipinski definition) is 4. The minimum Gasteiger partial charge on any atom is -0.507 e. The van der Waals surface area contributed by atoms with Crippen molar-refractivity contribution in [1.29, 1.82) is 0 Å². The van der Waals surface area contributed by atoms with Crippen molar-refractivity contribution in [2.75, 3.05) is 6.54 Å². The van der Waals surface area contributed by atoms with E-state index < -0.39 is 0 Å². The number of carbonyl (C=O) groups is 1. The van der Waals surface area contributed by atoms with Crippen LogP contribution >= 0.6 is 0 Å². The summed E-state index contributed by atoms with van der Waals surface area (Å²) in [5.74, 6) is 2.01. The van der Waals surface area contributed by atoms with Gasteiger partial charge in [0, 0.05) is 18.5 Å². The molecule has 150 valence electrons. The maximum absolute atomic E-state index is 13.1. The van der Waals surface area contributed by atoms with E-state index in [-0.39, 0.29) is 17.7 Å². The second-order valence-corrected chi connectivity index (χ2v) is 7.88. The summed E-state index contributed by atoms with van der Waals surface area (Å²) in [5.41, 5.74) is 3.31. The highest BCUT2D eigenvalue weighted by Crippen LogP contribution is 2.27. The lowest BCUT2D eigenvalue weighted by molar-refractivity contribution is 0.0679. The number of rotatable bonds is 4. The molecule has 0 saturated heterocycles. The number of hydrogen-bond donors (Lipinski definition) is 1. The summed E-state index contributed by atoms with van der Waals surface area (Å²) in [4.78, 5) is 14.9. The average Bonchev–Trinajstić information content (AvgIpc) is 3.14. The first-order valence-corrected chi connectivity index (χ1v) is 10.00. The monoisotopic (exact) mass is 390 g/mol. The van der Waals surface area contributed by atoms with Gasteiger partial charge in [-0.3, -0.25) is 4.79 Å². The Morgan fingerprint density at radius 1 is 1.10 bits per heavy atom. The molecule has 0 unspecified atom stereocenters. The van der Waals surface area contributed by atoms with Crippen molar-refractivity contribution < 1.29 is 9.90 Å². The number of fused-ring (bicyclic) bond motifs is 1. The number of carbonyl (C=O) groups excluding carboxylic acids is 1. The number of nitrogens with zero attached hydrogens (tertiary/aromatic N) is 4. The molecule has 0 aliphatic carbocycles. The molecule has 3 aromatic rings. The van der Waals surface area contributed by atoms with Crippen molar-refractivity contribution in [3.8, 4) is 5.75 Å². The molecule has 29 heavy (non-hydrogen) atoms. The molecule has 1 aliphatic heterocycles. The van der Waals surface area contributed by atoms with Crippen LogP contribution in [0.25, 0.3) is 0 Å². The second kappa shape index (κ2) is 7.70. The van der Waals surface area contributed by atoms with Crippen LogP contribution in [0.4, 0.5) is 0 Å². The summed E-state index contributed by atoms with van der Waals surface area (Å²) in [6.07, 6.45) is 1.74. The number of aromatic nitrogens is 3.